The third-order valence-electron chi connectivity index (χ3n) is 3.09. The fourth-order valence-corrected chi connectivity index (χ4v) is 2.03. The van der Waals surface area contributed by atoms with Gasteiger partial charge in [0.05, 0.1) is 0 Å². The highest BCUT2D eigenvalue weighted by Gasteiger charge is 2.21. The lowest BCUT2D eigenvalue weighted by molar-refractivity contribution is -0.390. The summed E-state index contributed by atoms with van der Waals surface area (Å²) in [6.45, 7) is 0.429. The van der Waals surface area contributed by atoms with Crippen LogP contribution in [0.5, 0.6) is 0 Å². The van der Waals surface area contributed by atoms with E-state index in [1.54, 1.807) is 23.6 Å². The lowest BCUT2D eigenvalue weighted by atomic mass is 10.2. The molecule has 0 saturated carbocycles. The van der Waals surface area contributed by atoms with Gasteiger partial charge in [0, 0.05) is 31.8 Å². The van der Waals surface area contributed by atoms with E-state index in [9.17, 15) is 18.9 Å². The summed E-state index contributed by atoms with van der Waals surface area (Å²) < 4.78 is 28.0. The minimum Gasteiger partial charge on any atom is -0.358 e. The highest BCUT2D eigenvalue weighted by Crippen LogP contribution is 2.18. The first-order valence-corrected chi connectivity index (χ1v) is 6.15. The normalized spacial score (nSPS) is 11.1. The lowest BCUT2D eigenvalue weighted by Crippen LogP contribution is -2.20. The summed E-state index contributed by atoms with van der Waals surface area (Å²) in [6.07, 6.45) is 1.36. The van der Waals surface area contributed by atoms with Gasteiger partial charge in [-0.05, 0) is 23.0 Å². The molecule has 0 fully saturated rings. The first-order valence-electron chi connectivity index (χ1n) is 6.15. The maximum Gasteiger partial charge on any atom is 0.386 e. The number of nitro groups is 1. The van der Waals surface area contributed by atoms with Crippen molar-refractivity contribution in [1.82, 2.24) is 14.5 Å². The van der Waals surface area contributed by atoms with Crippen LogP contribution in [0.2, 0.25) is 0 Å². The SMILES string of the molecule is CN(Cc1ccc(F)cc1F)Cc1c([N+](=O)[O-])ncn1C. The molecule has 0 spiro atoms. The Morgan fingerprint density at radius 3 is 2.71 bits per heavy atom. The number of aromatic nitrogens is 2. The molecule has 0 amide bonds. The quantitative estimate of drug-likeness (QED) is 0.627. The molecule has 1 aromatic carbocycles. The molecular formula is C13H14F2N4O2. The highest BCUT2D eigenvalue weighted by atomic mass is 19.1. The molecule has 0 radical (unpaired) electrons. The van der Waals surface area contributed by atoms with Crippen molar-refractivity contribution in [3.63, 3.8) is 0 Å². The summed E-state index contributed by atoms with van der Waals surface area (Å²) in [4.78, 5) is 15.7. The van der Waals surface area contributed by atoms with Crippen molar-refractivity contribution in [1.29, 1.82) is 0 Å². The van der Waals surface area contributed by atoms with Gasteiger partial charge in [0.25, 0.3) is 0 Å². The van der Waals surface area contributed by atoms with E-state index in [0.717, 1.165) is 6.07 Å². The Morgan fingerprint density at radius 2 is 2.10 bits per heavy atom. The van der Waals surface area contributed by atoms with Crippen LogP contribution in [0.15, 0.2) is 24.5 Å². The summed E-state index contributed by atoms with van der Waals surface area (Å²) in [7, 11) is 3.35. The second kappa shape index (κ2) is 5.96. The van der Waals surface area contributed by atoms with Crippen LogP contribution in [0.4, 0.5) is 14.6 Å². The van der Waals surface area contributed by atoms with Gasteiger partial charge in [0.15, 0.2) is 0 Å². The van der Waals surface area contributed by atoms with Crippen molar-refractivity contribution in [2.45, 2.75) is 13.1 Å². The van der Waals surface area contributed by atoms with Crippen LogP contribution in [-0.2, 0) is 20.1 Å². The first-order chi connectivity index (χ1) is 9.88. The minimum absolute atomic E-state index is 0.203. The minimum atomic E-state index is -0.638. The molecule has 0 bridgehead atoms. The monoisotopic (exact) mass is 296 g/mol. The van der Waals surface area contributed by atoms with Crippen LogP contribution in [0.25, 0.3) is 0 Å². The average molecular weight is 296 g/mol. The van der Waals surface area contributed by atoms with E-state index in [4.69, 9.17) is 0 Å². The Balaban J connectivity index is 2.13. The molecule has 8 heteroatoms. The largest absolute Gasteiger partial charge is 0.386 e. The third-order valence-corrected chi connectivity index (χ3v) is 3.09. The second-order valence-corrected chi connectivity index (χ2v) is 4.79. The van der Waals surface area contributed by atoms with Crippen molar-refractivity contribution >= 4 is 5.82 Å². The highest BCUT2D eigenvalue weighted by molar-refractivity contribution is 5.27. The van der Waals surface area contributed by atoms with Crippen molar-refractivity contribution in [2.75, 3.05) is 7.05 Å². The fraction of sp³-hybridized carbons (Fsp3) is 0.308. The number of aryl methyl sites for hydroxylation is 1. The molecule has 21 heavy (non-hydrogen) atoms. The Labute approximate surface area is 119 Å². The molecule has 0 aliphatic heterocycles. The molecular weight excluding hydrogens is 282 g/mol. The van der Waals surface area contributed by atoms with Gasteiger partial charge < -0.3 is 14.7 Å². The Kier molecular flexibility index (Phi) is 4.27. The zero-order valence-corrected chi connectivity index (χ0v) is 11.6. The molecule has 0 saturated heterocycles. The van der Waals surface area contributed by atoms with Gasteiger partial charge in [-0.1, -0.05) is 6.07 Å². The lowest BCUT2D eigenvalue weighted by Gasteiger charge is -2.16. The number of hydrogen-bond acceptors (Lipinski definition) is 4. The summed E-state index contributed by atoms with van der Waals surface area (Å²) >= 11 is 0. The summed E-state index contributed by atoms with van der Waals surface area (Å²) in [5.74, 6) is -1.49. The van der Waals surface area contributed by atoms with E-state index in [2.05, 4.69) is 4.98 Å². The van der Waals surface area contributed by atoms with Crippen molar-refractivity contribution in [3.8, 4) is 0 Å². The summed E-state index contributed by atoms with van der Waals surface area (Å²) in [5, 5.41) is 10.9. The molecule has 0 unspecified atom stereocenters. The predicted octanol–water partition coefficient (Wildman–Crippen LogP) is 2.24. The van der Waals surface area contributed by atoms with Crippen LogP contribution < -0.4 is 0 Å². The average Bonchev–Trinajstić information content (AvgIpc) is 2.75. The maximum absolute atomic E-state index is 13.6. The third kappa shape index (κ3) is 3.40. The van der Waals surface area contributed by atoms with E-state index >= 15 is 0 Å². The van der Waals surface area contributed by atoms with Crippen molar-refractivity contribution in [3.05, 3.63) is 57.5 Å². The number of rotatable bonds is 5. The zero-order chi connectivity index (χ0) is 15.6. The van der Waals surface area contributed by atoms with Gasteiger partial charge in [-0.25, -0.2) is 8.78 Å². The van der Waals surface area contributed by atoms with Gasteiger partial charge in [-0.15, -0.1) is 0 Å². The topological polar surface area (TPSA) is 64.2 Å². The van der Waals surface area contributed by atoms with Gasteiger partial charge >= 0.3 is 5.82 Å². The molecule has 0 N–H and O–H groups in total. The molecule has 112 valence electrons. The molecule has 6 nitrogen and oxygen atoms in total. The van der Waals surface area contributed by atoms with Gasteiger partial charge in [0.2, 0.25) is 6.33 Å². The number of benzene rings is 1. The first kappa shape index (κ1) is 15.0. The number of halogens is 2. The maximum atomic E-state index is 13.6. The van der Waals surface area contributed by atoms with E-state index in [0.29, 0.717) is 11.3 Å². The van der Waals surface area contributed by atoms with Crippen LogP contribution in [0.3, 0.4) is 0 Å². The molecule has 0 aliphatic carbocycles. The van der Waals surface area contributed by atoms with Crippen molar-refractivity contribution in [2.24, 2.45) is 7.05 Å². The Hall–Kier alpha value is -2.35. The van der Waals surface area contributed by atoms with Gasteiger partial charge in [0.1, 0.15) is 17.3 Å². The molecule has 2 rings (SSSR count). The van der Waals surface area contributed by atoms with E-state index < -0.39 is 16.6 Å². The van der Waals surface area contributed by atoms with Crippen LogP contribution in [0, 0.1) is 21.7 Å². The van der Waals surface area contributed by atoms with Gasteiger partial charge in [-0.3, -0.25) is 4.90 Å². The van der Waals surface area contributed by atoms with E-state index in [1.807, 2.05) is 0 Å². The van der Waals surface area contributed by atoms with Gasteiger partial charge in [-0.2, -0.15) is 0 Å². The molecule has 0 aliphatic rings. The predicted molar refractivity (Wildman–Crippen MR) is 71.4 cm³/mol. The van der Waals surface area contributed by atoms with E-state index in [1.165, 1.54) is 18.5 Å². The van der Waals surface area contributed by atoms with Crippen LogP contribution in [0.1, 0.15) is 11.3 Å². The Morgan fingerprint density at radius 1 is 1.38 bits per heavy atom. The summed E-state index contributed by atoms with van der Waals surface area (Å²) in [5.41, 5.74) is 0.744. The van der Waals surface area contributed by atoms with Crippen LogP contribution in [-0.4, -0.2) is 26.4 Å². The van der Waals surface area contributed by atoms with Crippen molar-refractivity contribution < 1.29 is 13.7 Å². The second-order valence-electron chi connectivity index (χ2n) is 4.79. The van der Waals surface area contributed by atoms with E-state index in [-0.39, 0.29) is 18.9 Å². The molecule has 2 aromatic rings. The fourth-order valence-electron chi connectivity index (χ4n) is 2.03. The zero-order valence-electron chi connectivity index (χ0n) is 11.6. The molecule has 1 aromatic heterocycles. The smallest absolute Gasteiger partial charge is 0.358 e. The summed E-state index contributed by atoms with van der Waals surface area (Å²) in [6, 6.07) is 3.35. The number of nitrogens with zero attached hydrogens (tertiary/aromatic N) is 4. The standard InChI is InChI=1S/C13H14F2N4O2/c1-17(6-9-3-4-10(14)5-11(9)15)7-12-13(19(20)21)16-8-18(12)2/h3-5,8H,6-7H2,1-2H3. The number of imidazole rings is 1. The molecule has 1 heterocycles. The van der Waals surface area contributed by atoms with Crippen LogP contribution >= 0.6 is 0 Å². The molecule has 0 atom stereocenters. The number of hydrogen-bond donors (Lipinski definition) is 0. The Bertz CT molecular complexity index is 672.